The lowest BCUT2D eigenvalue weighted by atomic mass is 10.1. The highest BCUT2D eigenvalue weighted by molar-refractivity contribution is 9.10. The molecule has 3 rings (SSSR count). The maximum Gasteiger partial charge on any atom is 0.343 e. The van der Waals surface area contributed by atoms with Crippen molar-refractivity contribution in [3.05, 3.63) is 91.9 Å². The van der Waals surface area contributed by atoms with Gasteiger partial charge in [-0.2, -0.15) is 5.10 Å². The molecule has 3 aromatic carbocycles. The van der Waals surface area contributed by atoms with Crippen LogP contribution in [0.1, 0.15) is 21.5 Å². The minimum absolute atomic E-state index is 0.186. The van der Waals surface area contributed by atoms with Gasteiger partial charge in [0.25, 0.3) is 0 Å². The van der Waals surface area contributed by atoms with E-state index in [-0.39, 0.29) is 16.5 Å². The zero-order chi connectivity index (χ0) is 24.0. The lowest BCUT2D eigenvalue weighted by Crippen LogP contribution is -2.32. The van der Waals surface area contributed by atoms with Crippen molar-refractivity contribution in [1.29, 1.82) is 0 Å². The van der Waals surface area contributed by atoms with E-state index in [0.717, 1.165) is 5.56 Å². The molecule has 0 aliphatic rings. The van der Waals surface area contributed by atoms with Crippen molar-refractivity contribution >= 4 is 68.8 Å². The Hall–Kier alpha value is -3.20. The van der Waals surface area contributed by atoms with Crippen LogP contribution >= 0.6 is 39.1 Å². The van der Waals surface area contributed by atoms with Crippen LogP contribution in [0.4, 0.5) is 5.69 Å². The van der Waals surface area contributed by atoms with E-state index in [0.29, 0.717) is 20.6 Å². The average Bonchev–Trinajstić information content (AvgIpc) is 2.78. The van der Waals surface area contributed by atoms with Crippen LogP contribution in [0.25, 0.3) is 0 Å². The Kier molecular flexibility index (Phi) is 8.21. The van der Waals surface area contributed by atoms with Gasteiger partial charge in [-0.05, 0) is 55.0 Å². The second-order valence-corrected chi connectivity index (χ2v) is 8.42. The number of nitrogens with one attached hydrogen (secondary N) is 2. The van der Waals surface area contributed by atoms with Crippen molar-refractivity contribution in [1.82, 2.24) is 5.43 Å². The smallest absolute Gasteiger partial charge is 0.343 e. The summed E-state index contributed by atoms with van der Waals surface area (Å²) in [6.07, 6.45) is 1.25. The van der Waals surface area contributed by atoms with E-state index >= 15 is 0 Å². The predicted octanol–water partition coefficient (Wildman–Crippen LogP) is 5.37. The summed E-state index contributed by atoms with van der Waals surface area (Å²) >= 11 is 15.2. The Balaban J connectivity index is 1.69. The molecule has 0 aliphatic carbocycles. The number of carbonyl (C=O) groups excluding carboxylic acids is 3. The normalized spacial score (nSPS) is 10.7. The number of amides is 2. The highest BCUT2D eigenvalue weighted by atomic mass is 79.9. The third kappa shape index (κ3) is 6.64. The fourth-order valence-electron chi connectivity index (χ4n) is 2.65. The van der Waals surface area contributed by atoms with Gasteiger partial charge in [-0.15, -0.1) is 0 Å². The van der Waals surface area contributed by atoms with Crippen molar-refractivity contribution in [2.45, 2.75) is 6.92 Å². The summed E-state index contributed by atoms with van der Waals surface area (Å²) in [6, 6.07) is 16.4. The quantitative estimate of drug-likeness (QED) is 0.147. The Bertz CT molecular complexity index is 1260. The van der Waals surface area contributed by atoms with Gasteiger partial charge >= 0.3 is 17.8 Å². The third-order valence-corrected chi connectivity index (χ3v) is 5.35. The van der Waals surface area contributed by atoms with Crippen LogP contribution in [-0.4, -0.2) is 24.0 Å². The molecular formula is C23H16BrCl2N3O4. The lowest BCUT2D eigenvalue weighted by molar-refractivity contribution is -0.136. The Morgan fingerprint density at radius 2 is 1.76 bits per heavy atom. The van der Waals surface area contributed by atoms with Gasteiger partial charge in [0.2, 0.25) is 0 Å². The Morgan fingerprint density at radius 3 is 2.52 bits per heavy atom. The molecule has 7 nitrogen and oxygen atoms in total. The summed E-state index contributed by atoms with van der Waals surface area (Å²) in [4.78, 5) is 36.7. The van der Waals surface area contributed by atoms with Gasteiger partial charge in [-0.25, -0.2) is 10.2 Å². The first-order valence-electron chi connectivity index (χ1n) is 9.41. The van der Waals surface area contributed by atoms with Crippen molar-refractivity contribution in [2.75, 3.05) is 5.32 Å². The molecule has 0 saturated heterocycles. The molecule has 3 aromatic rings. The van der Waals surface area contributed by atoms with Crippen LogP contribution < -0.4 is 15.5 Å². The van der Waals surface area contributed by atoms with Gasteiger partial charge in [-0.3, -0.25) is 9.59 Å². The van der Waals surface area contributed by atoms with Crippen molar-refractivity contribution in [2.24, 2.45) is 5.10 Å². The molecule has 0 unspecified atom stereocenters. The number of carbonyl (C=O) groups is 3. The van der Waals surface area contributed by atoms with E-state index < -0.39 is 17.8 Å². The minimum Gasteiger partial charge on any atom is -0.422 e. The van der Waals surface area contributed by atoms with Crippen LogP contribution in [0.5, 0.6) is 5.75 Å². The van der Waals surface area contributed by atoms with Gasteiger partial charge in [0.05, 0.1) is 22.5 Å². The van der Waals surface area contributed by atoms with E-state index in [9.17, 15) is 14.4 Å². The van der Waals surface area contributed by atoms with Crippen LogP contribution in [0.2, 0.25) is 10.0 Å². The molecule has 0 fully saturated rings. The second-order valence-electron chi connectivity index (χ2n) is 6.66. The minimum atomic E-state index is -1.03. The molecule has 33 heavy (non-hydrogen) atoms. The number of hydrogen-bond donors (Lipinski definition) is 2. The topological polar surface area (TPSA) is 96.9 Å². The monoisotopic (exact) mass is 547 g/mol. The summed E-state index contributed by atoms with van der Waals surface area (Å²) in [5.41, 5.74) is 3.89. The number of ether oxygens (including phenoxy) is 1. The van der Waals surface area contributed by atoms with Gasteiger partial charge in [-0.1, -0.05) is 57.3 Å². The molecule has 168 valence electrons. The number of hydrogen-bond acceptors (Lipinski definition) is 5. The van der Waals surface area contributed by atoms with E-state index in [1.807, 2.05) is 6.07 Å². The number of rotatable bonds is 5. The molecule has 0 atom stereocenters. The molecule has 0 heterocycles. The van der Waals surface area contributed by atoms with E-state index in [1.54, 1.807) is 49.4 Å². The fraction of sp³-hybridized carbons (Fsp3) is 0.0435. The van der Waals surface area contributed by atoms with Crippen LogP contribution in [0.15, 0.2) is 70.2 Å². The van der Waals surface area contributed by atoms with Crippen molar-refractivity contribution in [3.63, 3.8) is 0 Å². The molecule has 0 saturated carbocycles. The third-order valence-electron chi connectivity index (χ3n) is 4.29. The van der Waals surface area contributed by atoms with Gasteiger partial charge < -0.3 is 10.1 Å². The molecule has 2 amide bonds. The number of benzene rings is 3. The summed E-state index contributed by atoms with van der Waals surface area (Å²) in [5.74, 6) is -2.33. The van der Waals surface area contributed by atoms with Gasteiger partial charge in [0, 0.05) is 15.1 Å². The summed E-state index contributed by atoms with van der Waals surface area (Å²) in [7, 11) is 0. The molecule has 0 bridgehead atoms. The van der Waals surface area contributed by atoms with Crippen molar-refractivity contribution in [3.8, 4) is 5.75 Å². The van der Waals surface area contributed by atoms with Crippen LogP contribution in [0, 0.1) is 6.92 Å². The largest absolute Gasteiger partial charge is 0.422 e. The summed E-state index contributed by atoms with van der Waals surface area (Å²) < 4.78 is 6.20. The molecule has 0 aliphatic heterocycles. The SMILES string of the molecule is Cc1ccccc1C(=O)Oc1ccc(Br)cc1/C=N/NC(=O)C(=O)Nc1cc(Cl)ccc1Cl. The number of esters is 1. The van der Waals surface area contributed by atoms with E-state index in [4.69, 9.17) is 27.9 Å². The van der Waals surface area contributed by atoms with E-state index in [2.05, 4.69) is 31.8 Å². The maximum absolute atomic E-state index is 12.5. The maximum atomic E-state index is 12.5. The van der Waals surface area contributed by atoms with Crippen LogP contribution in [-0.2, 0) is 9.59 Å². The fourth-order valence-corrected chi connectivity index (χ4v) is 3.37. The molecule has 0 spiro atoms. The van der Waals surface area contributed by atoms with Gasteiger partial charge in [0.15, 0.2) is 0 Å². The second kappa shape index (κ2) is 11.1. The molecule has 0 radical (unpaired) electrons. The first kappa shape index (κ1) is 24.4. The van der Waals surface area contributed by atoms with Crippen molar-refractivity contribution < 1.29 is 19.1 Å². The highest BCUT2D eigenvalue weighted by Crippen LogP contribution is 2.25. The Morgan fingerprint density at radius 1 is 1.00 bits per heavy atom. The standard InChI is InChI=1S/C23H16BrCl2N3O4/c1-13-4-2-3-5-17(13)23(32)33-20-9-6-15(24)10-14(20)12-27-29-22(31)21(30)28-19-11-16(25)7-8-18(19)26/h2-12H,1H3,(H,28,30)(H,29,31)/b27-12+. The summed E-state index contributed by atoms with van der Waals surface area (Å²) in [5, 5.41) is 6.70. The number of aryl methyl sites for hydroxylation is 1. The highest BCUT2D eigenvalue weighted by Gasteiger charge is 2.16. The van der Waals surface area contributed by atoms with Gasteiger partial charge in [0.1, 0.15) is 5.75 Å². The molecule has 2 N–H and O–H groups in total. The molecule has 0 aromatic heterocycles. The molecular weight excluding hydrogens is 533 g/mol. The predicted molar refractivity (Wildman–Crippen MR) is 131 cm³/mol. The summed E-state index contributed by atoms with van der Waals surface area (Å²) in [6.45, 7) is 1.80. The number of hydrazone groups is 1. The van der Waals surface area contributed by atoms with E-state index in [1.165, 1.54) is 18.3 Å². The number of anilines is 1. The average molecular weight is 549 g/mol. The molecule has 10 heteroatoms. The van der Waals surface area contributed by atoms with Crippen LogP contribution in [0.3, 0.4) is 0 Å². The first-order valence-corrected chi connectivity index (χ1v) is 11.0. The number of halogens is 3. The first-order chi connectivity index (χ1) is 15.7. The zero-order valence-electron chi connectivity index (χ0n) is 17.1. The zero-order valence-corrected chi connectivity index (χ0v) is 20.2. The number of nitrogens with zero attached hydrogens (tertiary/aromatic N) is 1. The Labute approximate surface area is 207 Å². The lowest BCUT2D eigenvalue weighted by Gasteiger charge is -2.09.